The Morgan fingerprint density at radius 2 is 2.00 bits per heavy atom. The number of carbonyl (C=O) groups excluding carboxylic acids is 1. The Hall–Kier alpha value is -1.71. The highest BCUT2D eigenvalue weighted by atomic mass is 35.5. The maximum absolute atomic E-state index is 11.9. The molecule has 5 heteroatoms. The minimum Gasteiger partial charge on any atom is -0.484 e. The molecule has 0 aromatic heterocycles. The van der Waals surface area contributed by atoms with Crippen LogP contribution in [0.5, 0.6) is 5.75 Å². The van der Waals surface area contributed by atoms with Gasteiger partial charge in [0.1, 0.15) is 5.75 Å². The van der Waals surface area contributed by atoms with Gasteiger partial charge >= 0.3 is 0 Å². The fourth-order valence-corrected chi connectivity index (χ4v) is 2.31. The number of halogens is 2. The first-order valence-corrected chi connectivity index (χ1v) is 7.65. The Bertz CT molecular complexity index is 673. The lowest BCUT2D eigenvalue weighted by Crippen LogP contribution is -2.31. The summed E-state index contributed by atoms with van der Waals surface area (Å²) in [4.78, 5) is 11.9. The van der Waals surface area contributed by atoms with Crippen LogP contribution in [-0.4, -0.2) is 12.5 Å². The van der Waals surface area contributed by atoms with Gasteiger partial charge in [0, 0.05) is 10.0 Å². The molecule has 3 nitrogen and oxygen atoms in total. The Balaban J connectivity index is 1.88. The fourth-order valence-electron chi connectivity index (χ4n) is 2.00. The van der Waals surface area contributed by atoms with E-state index in [0.717, 1.165) is 11.1 Å². The molecule has 0 fully saturated rings. The van der Waals surface area contributed by atoms with Gasteiger partial charge in [-0.25, -0.2) is 0 Å². The van der Waals surface area contributed by atoms with Gasteiger partial charge in [-0.2, -0.15) is 0 Å². The Morgan fingerprint density at radius 3 is 2.68 bits per heavy atom. The van der Waals surface area contributed by atoms with Crippen molar-refractivity contribution in [3.8, 4) is 5.75 Å². The Morgan fingerprint density at radius 1 is 1.23 bits per heavy atom. The predicted molar refractivity (Wildman–Crippen MR) is 89.7 cm³/mol. The van der Waals surface area contributed by atoms with E-state index < -0.39 is 0 Å². The zero-order valence-electron chi connectivity index (χ0n) is 12.4. The van der Waals surface area contributed by atoms with Gasteiger partial charge in [0.2, 0.25) is 0 Å². The van der Waals surface area contributed by atoms with Crippen molar-refractivity contribution < 1.29 is 9.53 Å². The van der Waals surface area contributed by atoms with E-state index in [9.17, 15) is 4.79 Å². The zero-order chi connectivity index (χ0) is 16.1. The number of hydrogen-bond donors (Lipinski definition) is 1. The maximum Gasteiger partial charge on any atom is 0.258 e. The second kappa shape index (κ2) is 7.52. The minimum atomic E-state index is -0.194. The van der Waals surface area contributed by atoms with Crippen molar-refractivity contribution in [1.29, 1.82) is 0 Å². The molecule has 1 unspecified atom stereocenters. The average Bonchev–Trinajstić information content (AvgIpc) is 2.48. The van der Waals surface area contributed by atoms with Crippen molar-refractivity contribution in [3.63, 3.8) is 0 Å². The van der Waals surface area contributed by atoms with E-state index in [-0.39, 0.29) is 18.6 Å². The molecule has 2 aromatic carbocycles. The molecule has 0 heterocycles. The molecule has 0 saturated carbocycles. The summed E-state index contributed by atoms with van der Waals surface area (Å²) in [5.41, 5.74) is 1.86. The summed E-state index contributed by atoms with van der Waals surface area (Å²) in [6.45, 7) is 3.73. The maximum atomic E-state index is 11.9. The standard InChI is InChI=1S/C17H17Cl2NO2/c1-11-8-15(6-7-16(11)19)22-10-17(21)20-12(2)13-4-3-5-14(18)9-13/h3-9,12H,10H2,1-2H3,(H,20,21). The van der Waals surface area contributed by atoms with Gasteiger partial charge in [0.25, 0.3) is 5.91 Å². The van der Waals surface area contributed by atoms with Crippen LogP contribution in [0.4, 0.5) is 0 Å². The number of ether oxygens (including phenoxy) is 1. The van der Waals surface area contributed by atoms with Crippen molar-refractivity contribution in [2.75, 3.05) is 6.61 Å². The second-order valence-corrected chi connectivity index (χ2v) is 5.89. The van der Waals surface area contributed by atoms with Crippen LogP contribution in [0.2, 0.25) is 10.0 Å². The first kappa shape index (κ1) is 16.7. The van der Waals surface area contributed by atoms with E-state index in [4.69, 9.17) is 27.9 Å². The topological polar surface area (TPSA) is 38.3 Å². The van der Waals surface area contributed by atoms with Crippen molar-refractivity contribution in [2.24, 2.45) is 0 Å². The fraction of sp³-hybridized carbons (Fsp3) is 0.235. The summed E-state index contributed by atoms with van der Waals surface area (Å²) in [7, 11) is 0. The van der Waals surface area contributed by atoms with E-state index in [0.29, 0.717) is 15.8 Å². The SMILES string of the molecule is Cc1cc(OCC(=O)NC(C)c2cccc(Cl)c2)ccc1Cl. The lowest BCUT2D eigenvalue weighted by Gasteiger charge is -2.15. The molecule has 22 heavy (non-hydrogen) atoms. The molecule has 1 amide bonds. The molecule has 0 spiro atoms. The number of aryl methyl sites for hydroxylation is 1. The highest BCUT2D eigenvalue weighted by molar-refractivity contribution is 6.31. The molecule has 2 rings (SSSR count). The first-order valence-electron chi connectivity index (χ1n) is 6.89. The van der Waals surface area contributed by atoms with Crippen LogP contribution >= 0.6 is 23.2 Å². The van der Waals surface area contributed by atoms with Gasteiger partial charge < -0.3 is 10.1 Å². The molecule has 1 N–H and O–H groups in total. The number of rotatable bonds is 5. The highest BCUT2D eigenvalue weighted by Crippen LogP contribution is 2.21. The average molecular weight is 338 g/mol. The summed E-state index contributed by atoms with van der Waals surface area (Å²) in [5, 5.41) is 4.19. The van der Waals surface area contributed by atoms with Crippen LogP contribution in [0, 0.1) is 6.92 Å². The van der Waals surface area contributed by atoms with E-state index in [1.165, 1.54) is 0 Å². The molecule has 0 saturated heterocycles. The molecule has 0 bridgehead atoms. The predicted octanol–water partition coefficient (Wildman–Crippen LogP) is 4.56. The summed E-state index contributed by atoms with van der Waals surface area (Å²) in [5.74, 6) is 0.424. The third-order valence-electron chi connectivity index (χ3n) is 3.23. The van der Waals surface area contributed by atoms with Gasteiger partial charge in [0.05, 0.1) is 6.04 Å². The van der Waals surface area contributed by atoms with Crippen molar-refractivity contribution in [2.45, 2.75) is 19.9 Å². The van der Waals surface area contributed by atoms with Gasteiger partial charge in [-0.05, 0) is 55.3 Å². The molecule has 0 aliphatic heterocycles. The van der Waals surface area contributed by atoms with Crippen LogP contribution in [0.3, 0.4) is 0 Å². The summed E-state index contributed by atoms with van der Waals surface area (Å²) in [6.07, 6.45) is 0. The van der Waals surface area contributed by atoms with Crippen LogP contribution in [0.15, 0.2) is 42.5 Å². The van der Waals surface area contributed by atoms with Gasteiger partial charge in [-0.3, -0.25) is 4.79 Å². The van der Waals surface area contributed by atoms with Crippen molar-refractivity contribution in [1.82, 2.24) is 5.32 Å². The van der Waals surface area contributed by atoms with Crippen molar-refractivity contribution in [3.05, 3.63) is 63.6 Å². The number of carbonyl (C=O) groups is 1. The molecular formula is C17H17Cl2NO2. The third kappa shape index (κ3) is 4.65. The number of nitrogens with one attached hydrogen (secondary N) is 1. The molecule has 0 radical (unpaired) electrons. The van der Waals surface area contributed by atoms with E-state index in [1.54, 1.807) is 24.3 Å². The highest BCUT2D eigenvalue weighted by Gasteiger charge is 2.10. The third-order valence-corrected chi connectivity index (χ3v) is 3.88. The van der Waals surface area contributed by atoms with E-state index in [1.807, 2.05) is 32.0 Å². The lowest BCUT2D eigenvalue weighted by molar-refractivity contribution is -0.123. The van der Waals surface area contributed by atoms with Gasteiger partial charge in [-0.1, -0.05) is 35.3 Å². The van der Waals surface area contributed by atoms with Crippen LogP contribution < -0.4 is 10.1 Å². The summed E-state index contributed by atoms with van der Waals surface area (Å²) >= 11 is 11.9. The molecule has 116 valence electrons. The molecule has 0 aliphatic carbocycles. The van der Waals surface area contributed by atoms with Gasteiger partial charge in [0.15, 0.2) is 6.61 Å². The lowest BCUT2D eigenvalue weighted by atomic mass is 10.1. The largest absolute Gasteiger partial charge is 0.484 e. The molecule has 0 aliphatic rings. The minimum absolute atomic E-state index is 0.0496. The van der Waals surface area contributed by atoms with Crippen LogP contribution in [0.25, 0.3) is 0 Å². The van der Waals surface area contributed by atoms with E-state index in [2.05, 4.69) is 5.32 Å². The zero-order valence-corrected chi connectivity index (χ0v) is 13.9. The summed E-state index contributed by atoms with van der Waals surface area (Å²) in [6, 6.07) is 12.6. The number of benzene rings is 2. The quantitative estimate of drug-likeness (QED) is 0.868. The number of hydrogen-bond acceptors (Lipinski definition) is 2. The van der Waals surface area contributed by atoms with Crippen LogP contribution in [0.1, 0.15) is 24.1 Å². The molecule has 2 aromatic rings. The Kier molecular flexibility index (Phi) is 5.69. The normalized spacial score (nSPS) is 11.8. The first-order chi connectivity index (χ1) is 10.5. The Labute approximate surface area is 140 Å². The van der Waals surface area contributed by atoms with Crippen molar-refractivity contribution >= 4 is 29.1 Å². The monoisotopic (exact) mass is 337 g/mol. The molecular weight excluding hydrogens is 321 g/mol. The number of amides is 1. The van der Waals surface area contributed by atoms with Gasteiger partial charge in [-0.15, -0.1) is 0 Å². The summed E-state index contributed by atoms with van der Waals surface area (Å²) < 4.78 is 5.47. The molecule has 1 atom stereocenters. The smallest absolute Gasteiger partial charge is 0.258 e. The van der Waals surface area contributed by atoms with Crippen LogP contribution in [-0.2, 0) is 4.79 Å². The van der Waals surface area contributed by atoms with E-state index >= 15 is 0 Å². The second-order valence-electron chi connectivity index (χ2n) is 5.04.